The summed E-state index contributed by atoms with van der Waals surface area (Å²) in [7, 11) is 1.92. The number of halogens is 2. The van der Waals surface area contributed by atoms with Crippen molar-refractivity contribution in [3.8, 4) is 0 Å². The zero-order valence-corrected chi connectivity index (χ0v) is 16.7. The Balaban J connectivity index is 1.42. The smallest absolute Gasteiger partial charge is 0.133 e. The van der Waals surface area contributed by atoms with Crippen LogP contribution < -0.4 is 4.90 Å². The Labute approximate surface area is 160 Å². The van der Waals surface area contributed by atoms with Crippen LogP contribution in [0.5, 0.6) is 0 Å². The Bertz CT molecular complexity index is 656. The fraction of sp³-hybridized carbons (Fsp3) is 0.619. The predicted molar refractivity (Wildman–Crippen MR) is 102 cm³/mol. The fourth-order valence-corrected chi connectivity index (χ4v) is 4.72. The second-order valence-electron chi connectivity index (χ2n) is 8.53. The van der Waals surface area contributed by atoms with Crippen LogP contribution in [0.2, 0.25) is 5.02 Å². The zero-order chi connectivity index (χ0) is 18.9. The van der Waals surface area contributed by atoms with E-state index in [1.54, 1.807) is 12.1 Å². The third-order valence-electron chi connectivity index (χ3n) is 6.29. The van der Waals surface area contributed by atoms with Crippen molar-refractivity contribution in [3.63, 3.8) is 0 Å². The van der Waals surface area contributed by atoms with Gasteiger partial charge in [0, 0.05) is 0 Å². The highest BCUT2D eigenvalue weighted by Gasteiger charge is 2.50. The van der Waals surface area contributed by atoms with Crippen molar-refractivity contribution in [1.82, 2.24) is 0 Å². The molecule has 0 aliphatic heterocycles. The number of nitrogens with one attached hydrogen (secondary N) is 1. The highest BCUT2D eigenvalue weighted by atomic mass is 35.5. The maximum absolute atomic E-state index is 13.9. The lowest BCUT2D eigenvalue weighted by molar-refractivity contribution is -0.897. The molecule has 2 bridgehead atoms. The van der Waals surface area contributed by atoms with Crippen LogP contribution in [-0.4, -0.2) is 38.0 Å². The molecule has 5 heteroatoms. The molecule has 2 N–H and O–H groups in total. The van der Waals surface area contributed by atoms with Gasteiger partial charge in [-0.05, 0) is 47.8 Å². The summed E-state index contributed by atoms with van der Waals surface area (Å²) in [5.74, 6) is 1.16. The molecule has 144 valence electrons. The number of aliphatic hydroxyl groups excluding tert-OH is 1. The van der Waals surface area contributed by atoms with Gasteiger partial charge in [0.25, 0.3) is 0 Å². The van der Waals surface area contributed by atoms with Crippen LogP contribution in [0.3, 0.4) is 0 Å². The average Bonchev–Trinajstić information content (AvgIpc) is 2.58. The molecule has 0 amide bonds. The molecule has 4 rings (SSSR count). The molecular formula is C21H30ClFNO2+. The van der Waals surface area contributed by atoms with Gasteiger partial charge in [0.05, 0.1) is 30.8 Å². The molecule has 0 radical (unpaired) electrons. The van der Waals surface area contributed by atoms with Crippen molar-refractivity contribution in [2.24, 2.45) is 17.3 Å². The molecule has 0 heterocycles. The lowest BCUT2D eigenvalue weighted by atomic mass is 9.49. The number of aliphatic hydroxyl groups is 1. The topological polar surface area (TPSA) is 33.9 Å². The van der Waals surface area contributed by atoms with Gasteiger partial charge in [-0.25, -0.2) is 4.39 Å². The van der Waals surface area contributed by atoms with E-state index >= 15 is 0 Å². The second kappa shape index (κ2) is 7.97. The minimum Gasteiger partial charge on any atom is -0.385 e. The summed E-state index contributed by atoms with van der Waals surface area (Å²) in [5.41, 5.74) is 2.28. The Morgan fingerprint density at radius 1 is 1.42 bits per heavy atom. The SMILES string of the molecule is C[NH+](Cc1c(F)cccc1Cl)C[C@@H](O)COCC1=CC[C@H]2C[C@@H]1C2(C)C. The van der Waals surface area contributed by atoms with Crippen molar-refractivity contribution in [3.05, 3.63) is 46.3 Å². The average molecular weight is 383 g/mol. The van der Waals surface area contributed by atoms with E-state index in [4.69, 9.17) is 16.3 Å². The van der Waals surface area contributed by atoms with Crippen LogP contribution in [0.15, 0.2) is 29.8 Å². The maximum atomic E-state index is 13.9. The first-order valence-corrected chi connectivity index (χ1v) is 9.85. The quantitative estimate of drug-likeness (QED) is 0.678. The van der Waals surface area contributed by atoms with E-state index in [2.05, 4.69) is 19.9 Å². The number of hydrogen-bond acceptors (Lipinski definition) is 2. The summed E-state index contributed by atoms with van der Waals surface area (Å²) in [6.45, 7) is 6.53. The number of benzene rings is 1. The van der Waals surface area contributed by atoms with Gasteiger partial charge in [0.1, 0.15) is 25.0 Å². The number of hydrogen-bond donors (Lipinski definition) is 2. The van der Waals surface area contributed by atoms with Crippen molar-refractivity contribution < 1.29 is 19.1 Å². The number of likely N-dealkylation sites (N-methyl/N-ethyl adjacent to an activating group) is 1. The molecule has 0 saturated heterocycles. The highest BCUT2D eigenvalue weighted by Crippen LogP contribution is 2.59. The molecule has 3 aliphatic rings. The number of rotatable bonds is 8. The van der Waals surface area contributed by atoms with Crippen molar-refractivity contribution >= 4 is 11.6 Å². The Morgan fingerprint density at radius 3 is 2.85 bits per heavy atom. The summed E-state index contributed by atoms with van der Waals surface area (Å²) in [6, 6.07) is 4.71. The van der Waals surface area contributed by atoms with Crippen LogP contribution >= 0.6 is 11.6 Å². The molecule has 3 aliphatic carbocycles. The Morgan fingerprint density at radius 2 is 2.19 bits per heavy atom. The molecular weight excluding hydrogens is 353 g/mol. The molecule has 1 saturated carbocycles. The molecule has 1 unspecified atom stereocenters. The minimum absolute atomic E-state index is 0.298. The van der Waals surface area contributed by atoms with E-state index in [0.29, 0.717) is 48.2 Å². The van der Waals surface area contributed by atoms with E-state index in [-0.39, 0.29) is 5.82 Å². The summed E-state index contributed by atoms with van der Waals surface area (Å²) in [4.78, 5) is 0.993. The van der Waals surface area contributed by atoms with Gasteiger partial charge in [-0.1, -0.05) is 37.6 Å². The van der Waals surface area contributed by atoms with Crippen molar-refractivity contribution in [2.75, 3.05) is 26.8 Å². The molecule has 3 nitrogen and oxygen atoms in total. The van der Waals surface area contributed by atoms with Gasteiger partial charge in [-0.2, -0.15) is 0 Å². The Hall–Kier alpha value is -0.940. The van der Waals surface area contributed by atoms with E-state index < -0.39 is 6.10 Å². The molecule has 0 spiro atoms. The van der Waals surface area contributed by atoms with Gasteiger partial charge in [0.2, 0.25) is 0 Å². The van der Waals surface area contributed by atoms with Crippen LogP contribution in [0, 0.1) is 23.1 Å². The van der Waals surface area contributed by atoms with Gasteiger partial charge >= 0.3 is 0 Å². The third-order valence-corrected chi connectivity index (χ3v) is 6.64. The van der Waals surface area contributed by atoms with Crippen LogP contribution in [0.25, 0.3) is 0 Å². The largest absolute Gasteiger partial charge is 0.385 e. The monoisotopic (exact) mass is 382 g/mol. The summed E-state index contributed by atoms with van der Waals surface area (Å²) in [5, 5.41) is 10.7. The molecule has 1 aromatic rings. The van der Waals surface area contributed by atoms with E-state index in [1.807, 2.05) is 7.05 Å². The highest BCUT2D eigenvalue weighted by molar-refractivity contribution is 6.31. The number of fused-ring (bicyclic) bond motifs is 1. The summed E-state index contributed by atoms with van der Waals surface area (Å²) in [6.07, 6.45) is 4.18. The van der Waals surface area contributed by atoms with Crippen LogP contribution in [0.1, 0.15) is 32.3 Å². The van der Waals surface area contributed by atoms with E-state index in [0.717, 1.165) is 17.2 Å². The van der Waals surface area contributed by atoms with E-state index in [9.17, 15) is 9.50 Å². The number of allylic oxidation sites excluding steroid dienone is 1. The molecule has 4 atom stereocenters. The van der Waals surface area contributed by atoms with Gasteiger partial charge in [-0.15, -0.1) is 0 Å². The standard InChI is InChI=1S/C21H29ClFNO2/c1-21(2)15-8-7-14(18(21)9-15)12-26-13-16(25)10-24(3)11-17-19(22)5-4-6-20(17)23/h4-7,15-16,18,25H,8-13H2,1-3H3/p+1/t15-,16+,18-/m0/s1. The van der Waals surface area contributed by atoms with Gasteiger partial charge < -0.3 is 14.7 Å². The fourth-order valence-electron chi connectivity index (χ4n) is 4.49. The lowest BCUT2D eigenvalue weighted by Crippen LogP contribution is -3.09. The van der Waals surface area contributed by atoms with Gasteiger partial charge in [-0.3, -0.25) is 0 Å². The summed E-state index contributed by atoms with van der Waals surface area (Å²) >= 11 is 6.07. The Kier molecular flexibility index (Phi) is 6.07. The second-order valence-corrected chi connectivity index (χ2v) is 8.94. The lowest BCUT2D eigenvalue weighted by Gasteiger charge is -2.56. The number of quaternary nitrogens is 1. The van der Waals surface area contributed by atoms with Crippen LogP contribution in [-0.2, 0) is 11.3 Å². The molecule has 0 aromatic heterocycles. The van der Waals surface area contributed by atoms with Crippen molar-refractivity contribution in [1.29, 1.82) is 0 Å². The first kappa shape index (κ1) is 19.8. The van der Waals surface area contributed by atoms with Crippen LogP contribution in [0.4, 0.5) is 4.39 Å². The van der Waals surface area contributed by atoms with Crippen molar-refractivity contribution in [2.45, 2.75) is 39.3 Å². The molecule has 1 fully saturated rings. The van der Waals surface area contributed by atoms with Gasteiger partial charge in [0.15, 0.2) is 0 Å². The molecule has 26 heavy (non-hydrogen) atoms. The molecule has 1 aromatic carbocycles. The van der Waals surface area contributed by atoms with E-state index in [1.165, 1.54) is 18.1 Å². The minimum atomic E-state index is -0.577. The summed E-state index contributed by atoms with van der Waals surface area (Å²) < 4.78 is 19.7. The first-order chi connectivity index (χ1) is 12.3. The zero-order valence-electron chi connectivity index (χ0n) is 15.9. The third kappa shape index (κ3) is 4.14. The normalized spacial score (nSPS) is 26.0. The maximum Gasteiger partial charge on any atom is 0.133 e. The number of ether oxygens (including phenoxy) is 1. The predicted octanol–water partition coefficient (Wildman–Crippen LogP) is 2.86. The first-order valence-electron chi connectivity index (χ1n) is 9.48.